The molecule has 1 N–H and O–H groups in total. The number of aromatic nitrogens is 1. The van der Waals surface area contributed by atoms with Gasteiger partial charge in [-0.05, 0) is 31.7 Å². The molecule has 2 nitrogen and oxygen atoms in total. The van der Waals surface area contributed by atoms with Crippen molar-refractivity contribution < 1.29 is 0 Å². The summed E-state index contributed by atoms with van der Waals surface area (Å²) in [7, 11) is 0. The predicted molar refractivity (Wildman–Crippen MR) is 67.9 cm³/mol. The zero-order valence-electron chi connectivity index (χ0n) is 9.07. The predicted octanol–water partition coefficient (Wildman–Crippen LogP) is 3.99. The molecule has 0 aromatic carbocycles. The number of hydrogen-bond donors (Lipinski definition) is 1. The van der Waals surface area contributed by atoms with Crippen LogP contribution in [0.25, 0.3) is 0 Å². The number of anilines is 1. The van der Waals surface area contributed by atoms with Gasteiger partial charge in [-0.25, -0.2) is 4.98 Å². The largest absolute Gasteiger partial charge is 0.377 e. The van der Waals surface area contributed by atoms with Crippen molar-refractivity contribution in [3.8, 4) is 0 Å². The fourth-order valence-corrected chi connectivity index (χ4v) is 3.13. The van der Waals surface area contributed by atoms with Crippen LogP contribution in [-0.4, -0.2) is 4.98 Å². The van der Waals surface area contributed by atoms with Gasteiger partial charge in [0.1, 0.15) is 0 Å². The molecular weight excluding hydrogens is 224 g/mol. The number of hydrogen-bond acceptors (Lipinski definition) is 4. The Morgan fingerprint density at radius 3 is 2.67 bits per heavy atom. The molecule has 0 fully saturated rings. The van der Waals surface area contributed by atoms with Gasteiger partial charge in [-0.3, -0.25) is 0 Å². The first-order chi connectivity index (χ1) is 7.18. The lowest BCUT2D eigenvalue weighted by Gasteiger charge is -2.13. The fraction of sp³-hybridized carbons (Fsp3) is 0.364. The lowest BCUT2D eigenvalue weighted by molar-refractivity contribution is 0.890. The van der Waals surface area contributed by atoms with E-state index in [-0.39, 0.29) is 0 Å². The number of nitrogens with one attached hydrogen (secondary N) is 1. The van der Waals surface area contributed by atoms with Gasteiger partial charge in [0.05, 0.1) is 17.2 Å². The van der Waals surface area contributed by atoms with E-state index in [0.29, 0.717) is 6.04 Å². The van der Waals surface area contributed by atoms with Crippen LogP contribution in [0.2, 0.25) is 0 Å². The summed E-state index contributed by atoms with van der Waals surface area (Å²) in [6, 6.07) is 0.339. The zero-order chi connectivity index (χ0) is 10.8. The van der Waals surface area contributed by atoms with Crippen molar-refractivity contribution in [3.05, 3.63) is 32.4 Å². The average molecular weight is 238 g/mol. The average Bonchev–Trinajstić information content (AvgIpc) is 2.76. The van der Waals surface area contributed by atoms with Gasteiger partial charge in [-0.2, -0.15) is 0 Å². The molecule has 2 aromatic heterocycles. The molecule has 2 aromatic rings. The highest BCUT2D eigenvalue weighted by Gasteiger charge is 2.11. The van der Waals surface area contributed by atoms with Crippen molar-refractivity contribution in [1.82, 2.24) is 4.98 Å². The second-order valence-corrected chi connectivity index (χ2v) is 5.27. The van der Waals surface area contributed by atoms with E-state index in [4.69, 9.17) is 0 Å². The van der Waals surface area contributed by atoms with Crippen LogP contribution in [0.15, 0.2) is 16.3 Å². The van der Waals surface area contributed by atoms with Gasteiger partial charge in [-0.15, -0.1) is 22.7 Å². The van der Waals surface area contributed by atoms with E-state index < -0.39 is 0 Å². The number of thiazole rings is 1. The Morgan fingerprint density at radius 2 is 2.13 bits per heavy atom. The molecule has 2 rings (SSSR count). The molecule has 0 saturated heterocycles. The molecule has 0 aliphatic heterocycles. The van der Waals surface area contributed by atoms with Crippen LogP contribution < -0.4 is 5.32 Å². The molecule has 1 unspecified atom stereocenters. The molecule has 0 saturated carbocycles. The summed E-state index contributed by atoms with van der Waals surface area (Å²) in [4.78, 5) is 5.59. The topological polar surface area (TPSA) is 24.9 Å². The highest BCUT2D eigenvalue weighted by Crippen LogP contribution is 2.28. The first-order valence-corrected chi connectivity index (χ1v) is 6.70. The Morgan fingerprint density at radius 1 is 1.33 bits per heavy atom. The van der Waals surface area contributed by atoms with E-state index in [1.54, 1.807) is 22.7 Å². The lowest BCUT2D eigenvalue weighted by Crippen LogP contribution is -2.06. The van der Waals surface area contributed by atoms with Crippen molar-refractivity contribution in [2.75, 3.05) is 5.32 Å². The summed E-state index contributed by atoms with van der Waals surface area (Å²) in [5, 5.41) is 7.83. The van der Waals surface area contributed by atoms with E-state index in [0.717, 1.165) is 5.69 Å². The van der Waals surface area contributed by atoms with Gasteiger partial charge in [-0.1, -0.05) is 0 Å². The number of aryl methyl sites for hydroxylation is 2. The van der Waals surface area contributed by atoms with Gasteiger partial charge < -0.3 is 5.32 Å². The Balaban J connectivity index is 2.14. The van der Waals surface area contributed by atoms with E-state index >= 15 is 0 Å². The Labute approximate surface area is 98.0 Å². The standard InChI is InChI=1S/C11H14N2S2/c1-7-4-14-5-10(7)13-9(3)11-8(2)12-6-15-11/h4-6,9,13H,1-3H3. The van der Waals surface area contributed by atoms with Crippen LogP contribution >= 0.6 is 22.7 Å². The molecule has 0 radical (unpaired) electrons. The third kappa shape index (κ3) is 2.21. The first kappa shape index (κ1) is 10.6. The Bertz CT molecular complexity index is 445. The SMILES string of the molecule is Cc1cscc1NC(C)c1scnc1C. The number of nitrogens with zero attached hydrogens (tertiary/aromatic N) is 1. The van der Waals surface area contributed by atoms with Gasteiger partial charge >= 0.3 is 0 Å². The molecule has 0 spiro atoms. The second-order valence-electron chi connectivity index (χ2n) is 3.64. The minimum atomic E-state index is 0.339. The number of rotatable bonds is 3. The normalized spacial score (nSPS) is 12.7. The molecule has 1 atom stereocenters. The summed E-state index contributed by atoms with van der Waals surface area (Å²) in [6.07, 6.45) is 0. The first-order valence-electron chi connectivity index (χ1n) is 4.88. The zero-order valence-corrected chi connectivity index (χ0v) is 10.7. The molecule has 0 amide bonds. The van der Waals surface area contributed by atoms with Gasteiger partial charge in [0.15, 0.2) is 0 Å². The minimum Gasteiger partial charge on any atom is -0.377 e. The van der Waals surface area contributed by atoms with Crippen LogP contribution in [0, 0.1) is 13.8 Å². The van der Waals surface area contributed by atoms with Crippen LogP contribution in [0.5, 0.6) is 0 Å². The van der Waals surface area contributed by atoms with E-state index in [2.05, 4.69) is 41.8 Å². The molecule has 0 aliphatic carbocycles. The molecule has 4 heteroatoms. The summed E-state index contributed by atoms with van der Waals surface area (Å²) in [5.74, 6) is 0. The van der Waals surface area contributed by atoms with Crippen molar-refractivity contribution in [3.63, 3.8) is 0 Å². The van der Waals surface area contributed by atoms with Crippen LogP contribution in [0.3, 0.4) is 0 Å². The second kappa shape index (κ2) is 4.33. The molecule has 0 bridgehead atoms. The smallest absolute Gasteiger partial charge is 0.0798 e. The minimum absolute atomic E-state index is 0.339. The number of thiophene rings is 1. The maximum absolute atomic E-state index is 4.27. The highest BCUT2D eigenvalue weighted by atomic mass is 32.1. The van der Waals surface area contributed by atoms with Crippen molar-refractivity contribution in [1.29, 1.82) is 0 Å². The molecule has 2 heterocycles. The fourth-order valence-electron chi connectivity index (χ4n) is 1.53. The van der Waals surface area contributed by atoms with Crippen LogP contribution in [0.1, 0.15) is 29.1 Å². The highest BCUT2D eigenvalue weighted by molar-refractivity contribution is 7.10. The molecule has 15 heavy (non-hydrogen) atoms. The van der Waals surface area contributed by atoms with E-state index in [1.165, 1.54) is 16.1 Å². The molecular formula is C11H14N2S2. The molecule has 80 valence electrons. The van der Waals surface area contributed by atoms with Gasteiger partial charge in [0, 0.05) is 15.9 Å². The van der Waals surface area contributed by atoms with Gasteiger partial charge in [0.25, 0.3) is 0 Å². The lowest BCUT2D eigenvalue weighted by atomic mass is 10.2. The van der Waals surface area contributed by atoms with Gasteiger partial charge in [0.2, 0.25) is 0 Å². The monoisotopic (exact) mass is 238 g/mol. The summed E-state index contributed by atoms with van der Waals surface area (Å²) in [5.41, 5.74) is 5.59. The van der Waals surface area contributed by atoms with E-state index in [9.17, 15) is 0 Å². The Hall–Kier alpha value is -0.870. The summed E-state index contributed by atoms with van der Waals surface area (Å²) < 4.78 is 0. The summed E-state index contributed by atoms with van der Waals surface area (Å²) in [6.45, 7) is 6.37. The van der Waals surface area contributed by atoms with E-state index in [1.807, 2.05) is 5.51 Å². The maximum atomic E-state index is 4.27. The van der Waals surface area contributed by atoms with Crippen molar-refractivity contribution >= 4 is 28.4 Å². The van der Waals surface area contributed by atoms with Crippen LogP contribution in [0.4, 0.5) is 5.69 Å². The quantitative estimate of drug-likeness (QED) is 0.874. The molecule has 0 aliphatic rings. The maximum Gasteiger partial charge on any atom is 0.0798 e. The van der Waals surface area contributed by atoms with Crippen molar-refractivity contribution in [2.45, 2.75) is 26.8 Å². The third-order valence-electron chi connectivity index (χ3n) is 2.40. The van der Waals surface area contributed by atoms with Crippen molar-refractivity contribution in [2.24, 2.45) is 0 Å². The third-order valence-corrected chi connectivity index (χ3v) is 4.38. The summed E-state index contributed by atoms with van der Waals surface area (Å²) >= 11 is 3.45. The Kier molecular flexibility index (Phi) is 3.07. The van der Waals surface area contributed by atoms with Crippen LogP contribution in [-0.2, 0) is 0 Å².